The smallest absolute Gasteiger partial charge is 0.315 e. The number of hydrogen-bond acceptors (Lipinski definition) is 10. The lowest BCUT2D eigenvalue weighted by Crippen LogP contribution is -2.57. The van der Waals surface area contributed by atoms with Gasteiger partial charge in [0.2, 0.25) is 17.7 Å². The van der Waals surface area contributed by atoms with Crippen LogP contribution in [0.25, 0.3) is 0 Å². The van der Waals surface area contributed by atoms with Crippen LogP contribution in [0.15, 0.2) is 30.7 Å². The van der Waals surface area contributed by atoms with Crippen LogP contribution in [0.3, 0.4) is 0 Å². The van der Waals surface area contributed by atoms with E-state index in [4.69, 9.17) is 12.2 Å². The maximum absolute atomic E-state index is 14.6. The molecule has 4 rings (SSSR count). The molecule has 6 amide bonds. The number of aliphatic hydroxyl groups excluding tert-OH is 1. The zero-order valence-corrected chi connectivity index (χ0v) is 30.4. The van der Waals surface area contributed by atoms with Crippen molar-refractivity contribution in [1.29, 1.82) is 0 Å². The predicted molar refractivity (Wildman–Crippen MR) is 192 cm³/mol. The summed E-state index contributed by atoms with van der Waals surface area (Å²) in [6.07, 6.45) is 14.2. The predicted octanol–water partition coefficient (Wildman–Crippen LogP) is 0.245. The van der Waals surface area contributed by atoms with Crippen molar-refractivity contribution < 1.29 is 34.2 Å². The Bertz CT molecular complexity index is 1600. The Morgan fingerprint density at radius 2 is 1.79 bits per heavy atom. The fourth-order valence-electron chi connectivity index (χ4n) is 7.03. The normalized spacial score (nSPS) is 19.3. The number of aromatic nitrogens is 4. The first kappa shape index (κ1) is 40.7. The van der Waals surface area contributed by atoms with Crippen LogP contribution in [-0.2, 0) is 20.0 Å². The highest BCUT2D eigenvalue weighted by atomic mass is 16.3. The molecule has 53 heavy (non-hydrogen) atoms. The Balaban J connectivity index is 1.58. The molecule has 0 aromatic carbocycles. The molecule has 1 aliphatic heterocycles. The monoisotopic (exact) mass is 736 g/mol. The summed E-state index contributed by atoms with van der Waals surface area (Å²) in [5, 5.41) is 40.6. The lowest BCUT2D eigenvalue weighted by atomic mass is 9.84. The summed E-state index contributed by atoms with van der Waals surface area (Å²) >= 11 is 0. The number of carbonyl (C=O) groups is 5. The molecule has 3 heterocycles. The van der Waals surface area contributed by atoms with Gasteiger partial charge in [-0.25, -0.2) is 9.48 Å². The van der Waals surface area contributed by atoms with Crippen molar-refractivity contribution in [3.8, 4) is 12.3 Å². The molecule has 288 valence electrons. The molecule has 1 aliphatic carbocycles. The minimum atomic E-state index is -1.73. The van der Waals surface area contributed by atoms with E-state index in [1.165, 1.54) is 28.2 Å². The van der Waals surface area contributed by atoms with E-state index in [1.807, 2.05) is 0 Å². The summed E-state index contributed by atoms with van der Waals surface area (Å²) in [4.78, 5) is 71.5. The van der Waals surface area contributed by atoms with Gasteiger partial charge in [-0.15, -0.1) is 11.5 Å². The van der Waals surface area contributed by atoms with Crippen LogP contribution in [0.1, 0.15) is 100 Å². The van der Waals surface area contributed by atoms with Gasteiger partial charge >= 0.3 is 6.03 Å². The second kappa shape index (κ2) is 19.1. The molecule has 0 bridgehead atoms. The van der Waals surface area contributed by atoms with Crippen LogP contribution in [0.4, 0.5) is 4.79 Å². The zero-order valence-electron chi connectivity index (χ0n) is 30.4. The van der Waals surface area contributed by atoms with Crippen molar-refractivity contribution in [2.24, 2.45) is 11.7 Å². The number of urea groups is 1. The number of primary amides is 1. The van der Waals surface area contributed by atoms with E-state index in [2.05, 4.69) is 42.5 Å². The molecule has 2 aliphatic rings. The van der Waals surface area contributed by atoms with Crippen LogP contribution < -0.4 is 27.0 Å². The average Bonchev–Trinajstić information content (AvgIpc) is 3.82. The van der Waals surface area contributed by atoms with Gasteiger partial charge in [-0.05, 0) is 57.6 Å². The molecular formula is C36H52N10O7. The average molecular weight is 737 g/mol. The maximum atomic E-state index is 14.6. The summed E-state index contributed by atoms with van der Waals surface area (Å²) in [6.45, 7) is 3.50. The van der Waals surface area contributed by atoms with Crippen LogP contribution in [0.5, 0.6) is 0 Å². The Morgan fingerprint density at radius 1 is 1.08 bits per heavy atom. The van der Waals surface area contributed by atoms with Crippen LogP contribution >= 0.6 is 0 Å². The third-order valence-corrected chi connectivity index (χ3v) is 9.83. The number of terminal acetylenes is 1. The van der Waals surface area contributed by atoms with Crippen molar-refractivity contribution in [2.45, 2.75) is 114 Å². The quantitative estimate of drug-likeness (QED) is 0.0862. The van der Waals surface area contributed by atoms with Crippen LogP contribution in [-0.4, -0.2) is 109 Å². The minimum Gasteiger partial charge on any atom is -0.384 e. The number of unbranched alkanes of at least 4 members (excludes halogenated alkanes) is 1. The molecule has 1 saturated heterocycles. The summed E-state index contributed by atoms with van der Waals surface area (Å²) in [6, 6.07) is -1.10. The standard InChI is InChI=1S/C36H52N10O7/c1-4-15-39-35(52)40-16-9-8-12-26(30(47)31(37)48)42-33(50)28-20-25(46-29(21-41-44-46)36(2,3)53)22-45(28)34(51)27(19-23-10-6-5-7-11-23)43-32(49)24-13-17-38-18-14-24/h1,13-14,17-18,21,23,25-28,30,47,53H,5-12,15-16,19-20,22H2,2-3H3,(H2,37,48)(H,42,50)(H,43,49)(H2,39,40,52)/t25-,26?,27+,28-,30?/m0/s1. The number of nitrogens with one attached hydrogen (secondary N) is 4. The van der Waals surface area contributed by atoms with Crippen molar-refractivity contribution in [2.75, 3.05) is 19.6 Å². The van der Waals surface area contributed by atoms with Crippen LogP contribution in [0.2, 0.25) is 0 Å². The van der Waals surface area contributed by atoms with Gasteiger partial charge in [0.15, 0.2) is 6.10 Å². The summed E-state index contributed by atoms with van der Waals surface area (Å²) < 4.78 is 1.50. The second-order valence-corrected chi connectivity index (χ2v) is 14.3. The molecule has 2 unspecified atom stereocenters. The topological polar surface area (TPSA) is 247 Å². The number of nitrogens with two attached hydrogens (primary N) is 1. The van der Waals surface area contributed by atoms with Gasteiger partial charge in [0, 0.05) is 37.5 Å². The molecule has 0 spiro atoms. The molecule has 17 nitrogen and oxygen atoms in total. The van der Waals surface area contributed by atoms with Gasteiger partial charge in [-0.3, -0.25) is 24.2 Å². The number of pyridine rings is 1. The minimum absolute atomic E-state index is 0.00606. The van der Waals surface area contributed by atoms with E-state index in [1.54, 1.807) is 26.0 Å². The zero-order chi connectivity index (χ0) is 38.5. The van der Waals surface area contributed by atoms with Gasteiger partial charge in [0.05, 0.1) is 30.5 Å². The number of rotatable bonds is 17. The third kappa shape index (κ3) is 11.5. The highest BCUT2D eigenvalue weighted by Gasteiger charge is 2.45. The molecule has 0 radical (unpaired) electrons. The van der Waals surface area contributed by atoms with Crippen molar-refractivity contribution in [3.63, 3.8) is 0 Å². The molecule has 2 fully saturated rings. The van der Waals surface area contributed by atoms with E-state index in [0.717, 1.165) is 32.1 Å². The van der Waals surface area contributed by atoms with Gasteiger partial charge in [-0.1, -0.05) is 43.2 Å². The largest absolute Gasteiger partial charge is 0.384 e. The molecule has 5 atom stereocenters. The van der Waals surface area contributed by atoms with Crippen LogP contribution in [0, 0.1) is 18.3 Å². The molecule has 2 aromatic heterocycles. The van der Waals surface area contributed by atoms with E-state index < -0.39 is 65.5 Å². The van der Waals surface area contributed by atoms with Crippen molar-refractivity contribution in [3.05, 3.63) is 42.0 Å². The number of likely N-dealkylation sites (tertiary alicyclic amines) is 1. The molecular weight excluding hydrogens is 684 g/mol. The third-order valence-electron chi connectivity index (χ3n) is 9.83. The summed E-state index contributed by atoms with van der Waals surface area (Å²) in [7, 11) is 0. The van der Waals surface area contributed by atoms with Gasteiger partial charge in [-0.2, -0.15) is 0 Å². The Labute approximate surface area is 309 Å². The highest BCUT2D eigenvalue weighted by molar-refractivity contribution is 5.98. The van der Waals surface area contributed by atoms with Crippen molar-refractivity contribution in [1.82, 2.24) is 46.1 Å². The number of nitrogens with zero attached hydrogens (tertiary/aromatic N) is 5. The Hall–Kier alpha value is -5.08. The van der Waals surface area contributed by atoms with E-state index in [-0.39, 0.29) is 38.4 Å². The Kier molecular flexibility index (Phi) is 14.7. The van der Waals surface area contributed by atoms with E-state index in [9.17, 15) is 34.2 Å². The van der Waals surface area contributed by atoms with Gasteiger partial charge in [0.1, 0.15) is 17.7 Å². The van der Waals surface area contributed by atoms with E-state index >= 15 is 0 Å². The fourth-order valence-corrected chi connectivity index (χ4v) is 7.03. The second-order valence-electron chi connectivity index (χ2n) is 14.3. The lowest BCUT2D eigenvalue weighted by molar-refractivity contribution is -0.141. The maximum Gasteiger partial charge on any atom is 0.315 e. The first-order chi connectivity index (χ1) is 25.3. The lowest BCUT2D eigenvalue weighted by Gasteiger charge is -2.32. The Morgan fingerprint density at radius 3 is 2.45 bits per heavy atom. The molecule has 2 aromatic rings. The molecule has 17 heteroatoms. The van der Waals surface area contributed by atoms with E-state index in [0.29, 0.717) is 30.5 Å². The molecule has 1 saturated carbocycles. The van der Waals surface area contributed by atoms with Crippen molar-refractivity contribution >= 4 is 29.7 Å². The first-order valence-electron chi connectivity index (χ1n) is 18.2. The number of hydrogen-bond donors (Lipinski definition) is 7. The van der Waals surface area contributed by atoms with Gasteiger partial charge in [0.25, 0.3) is 5.91 Å². The first-order valence-corrected chi connectivity index (χ1v) is 18.2. The summed E-state index contributed by atoms with van der Waals surface area (Å²) in [5.41, 5.74) is 4.82. The number of carbonyl (C=O) groups excluding carboxylic acids is 5. The number of amides is 6. The fraction of sp³-hybridized carbons (Fsp3) is 0.611. The van der Waals surface area contributed by atoms with Gasteiger partial charge < -0.3 is 42.1 Å². The highest BCUT2D eigenvalue weighted by Crippen LogP contribution is 2.33. The number of aliphatic hydroxyl groups is 2. The molecule has 8 N–H and O–H groups in total. The summed E-state index contributed by atoms with van der Waals surface area (Å²) in [5.74, 6) is -0.109. The SMILES string of the molecule is C#CCNC(=O)NCCCCC(NC(=O)[C@@H]1C[C@H](n2nncc2C(C)(C)O)CN1C(=O)[C@@H](CC1CCCCC1)NC(=O)c1ccncc1)C(O)C(N)=O.